The number of aliphatic carboxylic acids is 1. The summed E-state index contributed by atoms with van der Waals surface area (Å²) in [6, 6.07) is 8.55. The molecule has 0 bridgehead atoms. The first-order valence-corrected chi connectivity index (χ1v) is 14.0. The molecule has 2 saturated heterocycles. The molecule has 1 amide bonds. The van der Waals surface area contributed by atoms with Crippen molar-refractivity contribution in [2.45, 2.75) is 25.7 Å². The lowest BCUT2D eigenvalue weighted by atomic mass is 10.0. The number of carbonyl (C=O) groups is 2. The molecule has 2 heterocycles. The van der Waals surface area contributed by atoms with Crippen molar-refractivity contribution in [1.82, 2.24) is 9.80 Å². The third-order valence-electron chi connectivity index (χ3n) is 6.41. The van der Waals surface area contributed by atoms with Gasteiger partial charge in [0.1, 0.15) is 28.3 Å². The number of rotatable bonds is 12. The van der Waals surface area contributed by atoms with E-state index < -0.39 is 17.6 Å². The van der Waals surface area contributed by atoms with Gasteiger partial charge in [-0.05, 0) is 54.3 Å². The Kier molecular flexibility index (Phi) is 10.4. The molecule has 2 aliphatic rings. The molecule has 2 aliphatic heterocycles. The summed E-state index contributed by atoms with van der Waals surface area (Å²) < 4.78 is 39.7. The number of nitrogens with zero attached hydrogens (tertiary/aromatic N) is 2. The Labute approximate surface area is 235 Å². The lowest BCUT2D eigenvalue weighted by Gasteiger charge is -2.26. The fraction of sp³-hybridized carbons (Fsp3) is 0.393. The summed E-state index contributed by atoms with van der Waals surface area (Å²) in [7, 11) is 0. The Hall–Kier alpha value is -2.86. The average Bonchev–Trinajstić information content (AvgIpc) is 3.16. The van der Waals surface area contributed by atoms with Crippen molar-refractivity contribution >= 4 is 46.3 Å². The molecule has 0 saturated carbocycles. The fourth-order valence-electron chi connectivity index (χ4n) is 4.36. The maximum Gasteiger partial charge on any atom is 0.303 e. The van der Waals surface area contributed by atoms with Crippen molar-refractivity contribution in [3.05, 3.63) is 58.5 Å². The minimum Gasteiger partial charge on any atom is -0.492 e. The predicted molar refractivity (Wildman–Crippen MR) is 151 cm³/mol. The molecule has 208 valence electrons. The first kappa shape index (κ1) is 29.1. The van der Waals surface area contributed by atoms with Gasteiger partial charge in [-0.25, -0.2) is 8.78 Å². The number of ether oxygens (including phenoxy) is 2. The highest BCUT2D eigenvalue weighted by Crippen LogP contribution is 2.36. The van der Waals surface area contributed by atoms with E-state index in [2.05, 4.69) is 4.90 Å². The molecule has 2 aromatic carbocycles. The van der Waals surface area contributed by atoms with Gasteiger partial charge in [-0.15, -0.1) is 0 Å². The second kappa shape index (κ2) is 14.0. The van der Waals surface area contributed by atoms with Crippen LogP contribution in [0.5, 0.6) is 5.75 Å². The molecule has 0 radical (unpaired) electrons. The first-order valence-electron chi connectivity index (χ1n) is 12.8. The lowest BCUT2D eigenvalue weighted by molar-refractivity contribution is -0.137. The van der Waals surface area contributed by atoms with E-state index in [1.54, 1.807) is 24.3 Å². The van der Waals surface area contributed by atoms with Gasteiger partial charge in [-0.3, -0.25) is 19.4 Å². The number of carbonyl (C=O) groups excluding carboxylic acids is 1. The van der Waals surface area contributed by atoms with Crippen molar-refractivity contribution in [1.29, 1.82) is 0 Å². The van der Waals surface area contributed by atoms with E-state index in [9.17, 15) is 18.4 Å². The molecule has 4 rings (SSSR count). The SMILES string of the molecule is O=C(O)CCCCCN1C(=O)/C(=C/c2cc(-c3cc(F)cc(F)c3)ccc2OCCN2CCOCC2)SC1=S. The molecule has 0 atom stereocenters. The highest BCUT2D eigenvalue weighted by molar-refractivity contribution is 8.26. The van der Waals surface area contributed by atoms with Crippen LogP contribution >= 0.6 is 24.0 Å². The van der Waals surface area contributed by atoms with Crippen LogP contribution in [0.15, 0.2) is 41.3 Å². The standard InChI is InChI=1S/C28H30F2N2O5S2/c29-22-15-20(16-23(30)18-22)19-5-6-24(37-13-10-31-8-11-36-12-9-31)21(14-19)17-25-27(35)32(28(38)39-25)7-3-1-2-4-26(33)34/h5-6,14-18H,1-4,7-13H2,(H,33,34)/b25-17-. The van der Waals surface area contributed by atoms with Gasteiger partial charge >= 0.3 is 5.97 Å². The molecular formula is C28H30F2N2O5S2. The summed E-state index contributed by atoms with van der Waals surface area (Å²) in [4.78, 5) is 28.1. The molecule has 1 N–H and O–H groups in total. The largest absolute Gasteiger partial charge is 0.492 e. The van der Waals surface area contributed by atoms with Crippen LogP contribution in [0.4, 0.5) is 8.78 Å². The van der Waals surface area contributed by atoms with Crippen molar-refractivity contribution in [2.24, 2.45) is 0 Å². The van der Waals surface area contributed by atoms with Gasteiger partial charge in [-0.2, -0.15) is 0 Å². The summed E-state index contributed by atoms with van der Waals surface area (Å²) in [6.07, 6.45) is 3.66. The number of thioether (sulfide) groups is 1. The molecule has 2 fully saturated rings. The molecule has 0 unspecified atom stereocenters. The number of amides is 1. The van der Waals surface area contributed by atoms with Gasteiger partial charge in [0, 0.05) is 44.2 Å². The minimum absolute atomic E-state index is 0.0954. The van der Waals surface area contributed by atoms with E-state index in [1.165, 1.54) is 28.8 Å². The summed E-state index contributed by atoms with van der Waals surface area (Å²) in [5, 5.41) is 8.79. The first-order chi connectivity index (χ1) is 18.8. The molecule has 11 heteroatoms. The van der Waals surface area contributed by atoms with Crippen molar-refractivity contribution in [3.63, 3.8) is 0 Å². The van der Waals surface area contributed by atoms with Crippen molar-refractivity contribution in [2.75, 3.05) is 46.0 Å². The predicted octanol–water partition coefficient (Wildman–Crippen LogP) is 5.19. The maximum absolute atomic E-state index is 13.9. The van der Waals surface area contributed by atoms with Crippen LogP contribution in [-0.2, 0) is 14.3 Å². The highest BCUT2D eigenvalue weighted by atomic mass is 32.2. The van der Waals surface area contributed by atoms with Gasteiger partial charge in [0.15, 0.2) is 0 Å². The molecular weight excluding hydrogens is 546 g/mol. The van der Waals surface area contributed by atoms with Crippen LogP contribution < -0.4 is 4.74 Å². The lowest BCUT2D eigenvalue weighted by Crippen LogP contribution is -2.38. The molecule has 2 aromatic rings. The molecule has 0 aliphatic carbocycles. The third-order valence-corrected chi connectivity index (χ3v) is 7.78. The number of halogens is 2. The quantitative estimate of drug-likeness (QED) is 0.210. The second-order valence-electron chi connectivity index (χ2n) is 9.25. The smallest absolute Gasteiger partial charge is 0.303 e. The zero-order valence-electron chi connectivity index (χ0n) is 21.4. The summed E-state index contributed by atoms with van der Waals surface area (Å²) in [6.45, 7) is 4.58. The van der Waals surface area contributed by atoms with E-state index in [0.717, 1.165) is 19.2 Å². The van der Waals surface area contributed by atoms with Gasteiger partial charge < -0.3 is 14.6 Å². The number of morpholine rings is 1. The number of hydrogen-bond donors (Lipinski definition) is 1. The summed E-state index contributed by atoms with van der Waals surface area (Å²) in [5.41, 5.74) is 1.55. The number of thiocarbonyl (C=S) groups is 1. The zero-order chi connectivity index (χ0) is 27.8. The van der Waals surface area contributed by atoms with Gasteiger partial charge in [-0.1, -0.05) is 36.5 Å². The van der Waals surface area contributed by atoms with E-state index in [4.69, 9.17) is 26.8 Å². The van der Waals surface area contributed by atoms with E-state index >= 15 is 0 Å². The number of carboxylic acids is 1. The monoisotopic (exact) mass is 576 g/mol. The van der Waals surface area contributed by atoms with E-state index in [0.29, 0.717) is 83.8 Å². The third kappa shape index (κ3) is 8.31. The van der Waals surface area contributed by atoms with Crippen molar-refractivity contribution < 1.29 is 33.0 Å². The van der Waals surface area contributed by atoms with Crippen LogP contribution in [0.2, 0.25) is 0 Å². The maximum atomic E-state index is 13.9. The Morgan fingerprint density at radius 2 is 1.79 bits per heavy atom. The summed E-state index contributed by atoms with van der Waals surface area (Å²) >= 11 is 6.62. The number of hydrogen-bond acceptors (Lipinski definition) is 7. The molecule has 7 nitrogen and oxygen atoms in total. The minimum atomic E-state index is -0.838. The van der Waals surface area contributed by atoms with Crippen LogP contribution in [0.1, 0.15) is 31.2 Å². The van der Waals surface area contributed by atoms with Gasteiger partial charge in [0.25, 0.3) is 5.91 Å². The molecule has 0 aromatic heterocycles. The fourth-order valence-corrected chi connectivity index (χ4v) is 5.66. The topological polar surface area (TPSA) is 79.3 Å². The van der Waals surface area contributed by atoms with Gasteiger partial charge in [0.05, 0.1) is 18.1 Å². The Morgan fingerprint density at radius 3 is 2.51 bits per heavy atom. The van der Waals surface area contributed by atoms with Crippen LogP contribution in [-0.4, -0.2) is 77.1 Å². The highest BCUT2D eigenvalue weighted by Gasteiger charge is 2.31. The number of benzene rings is 2. The summed E-state index contributed by atoms with van der Waals surface area (Å²) in [5.74, 6) is -1.88. The van der Waals surface area contributed by atoms with Crippen LogP contribution in [0.3, 0.4) is 0 Å². The Morgan fingerprint density at radius 1 is 1.05 bits per heavy atom. The van der Waals surface area contributed by atoms with Crippen LogP contribution in [0, 0.1) is 11.6 Å². The molecule has 39 heavy (non-hydrogen) atoms. The average molecular weight is 577 g/mol. The number of carboxylic acid groups (broad SMARTS) is 1. The van der Waals surface area contributed by atoms with E-state index in [-0.39, 0.29) is 12.3 Å². The van der Waals surface area contributed by atoms with Crippen LogP contribution in [0.25, 0.3) is 17.2 Å². The second-order valence-corrected chi connectivity index (χ2v) is 10.9. The Balaban J connectivity index is 1.53. The van der Waals surface area contributed by atoms with Gasteiger partial charge in [0.2, 0.25) is 0 Å². The normalized spacial score (nSPS) is 17.3. The van der Waals surface area contributed by atoms with E-state index in [1.807, 2.05) is 0 Å². The van der Waals surface area contributed by atoms with Crippen molar-refractivity contribution in [3.8, 4) is 16.9 Å². The number of unbranched alkanes of at least 4 members (excludes halogenated alkanes) is 2. The zero-order valence-corrected chi connectivity index (χ0v) is 23.0. The molecule has 0 spiro atoms. The Bertz CT molecular complexity index is 1230.